The highest BCUT2D eigenvalue weighted by molar-refractivity contribution is 8.26. The lowest BCUT2D eigenvalue weighted by atomic mass is 10.0. The second-order valence-electron chi connectivity index (χ2n) is 7.28. The fourth-order valence-corrected chi connectivity index (χ4v) is 5.77. The predicted molar refractivity (Wildman–Crippen MR) is 121 cm³/mol. The largest absolute Gasteiger partial charge is 0.466 e. The van der Waals surface area contributed by atoms with Gasteiger partial charge in [-0.25, -0.2) is 4.31 Å². The molecule has 152 valence electrons. The van der Waals surface area contributed by atoms with Gasteiger partial charge in [0.05, 0.1) is 5.69 Å². The van der Waals surface area contributed by atoms with E-state index in [9.17, 15) is 9.11 Å². The molecule has 0 amide bonds. The van der Waals surface area contributed by atoms with Crippen LogP contribution in [0.2, 0.25) is 0 Å². The fourth-order valence-electron chi connectivity index (χ4n) is 3.71. The monoisotopic (exact) mass is 410 g/mol. The second kappa shape index (κ2) is 8.08. The van der Waals surface area contributed by atoms with Gasteiger partial charge in [0, 0.05) is 5.92 Å². The van der Waals surface area contributed by atoms with Crippen molar-refractivity contribution in [2.45, 2.75) is 18.8 Å². The standard InChI is InChI=1S/C23H26N2O3S/c1-17(14-15-24)23-28-22-13-12-19(18-8-4-2-5-9-18)16-21(22)25(29(23,26)27)20-10-6-3-7-11-20/h2-13,16-17,23,26-27H,14-15,24H2,1H3. The summed E-state index contributed by atoms with van der Waals surface area (Å²) in [5.41, 5.74) is 8.36. The molecule has 29 heavy (non-hydrogen) atoms. The number of anilines is 2. The summed E-state index contributed by atoms with van der Waals surface area (Å²) in [5.74, 6) is 0.520. The van der Waals surface area contributed by atoms with E-state index >= 15 is 0 Å². The van der Waals surface area contributed by atoms with Crippen LogP contribution < -0.4 is 14.8 Å². The van der Waals surface area contributed by atoms with Gasteiger partial charge in [-0.2, -0.15) is 0 Å². The molecule has 1 aliphatic heterocycles. The maximum atomic E-state index is 11.4. The molecule has 2 unspecified atom stereocenters. The van der Waals surface area contributed by atoms with Crippen LogP contribution in [0.4, 0.5) is 11.4 Å². The Bertz CT molecular complexity index is 966. The van der Waals surface area contributed by atoms with Crippen LogP contribution in [-0.4, -0.2) is 21.1 Å². The van der Waals surface area contributed by atoms with Gasteiger partial charge < -0.3 is 10.5 Å². The number of fused-ring (bicyclic) bond motifs is 1. The lowest BCUT2D eigenvalue weighted by molar-refractivity contribution is 0.189. The Morgan fingerprint density at radius 1 is 0.966 bits per heavy atom. The zero-order valence-corrected chi connectivity index (χ0v) is 17.1. The number of benzene rings is 3. The number of nitrogens with zero attached hydrogens (tertiary/aromatic N) is 1. The first-order chi connectivity index (χ1) is 14.0. The van der Waals surface area contributed by atoms with Crippen molar-refractivity contribution in [2.24, 2.45) is 11.7 Å². The average Bonchev–Trinajstić information content (AvgIpc) is 2.74. The molecular formula is C23H26N2O3S. The minimum absolute atomic E-state index is 0.113. The zero-order chi connectivity index (χ0) is 20.4. The summed E-state index contributed by atoms with van der Waals surface area (Å²) in [5, 5.41) is 0. The van der Waals surface area contributed by atoms with E-state index in [-0.39, 0.29) is 5.92 Å². The molecule has 0 fully saturated rings. The third-order valence-corrected chi connectivity index (χ3v) is 7.31. The van der Waals surface area contributed by atoms with Gasteiger partial charge in [0.15, 0.2) is 0 Å². The van der Waals surface area contributed by atoms with Crippen LogP contribution >= 0.6 is 10.8 Å². The Morgan fingerprint density at radius 2 is 1.62 bits per heavy atom. The molecule has 3 aromatic rings. The summed E-state index contributed by atoms with van der Waals surface area (Å²) in [6, 6.07) is 25.3. The van der Waals surface area contributed by atoms with Gasteiger partial charge in [0.1, 0.15) is 11.4 Å². The first-order valence-electron chi connectivity index (χ1n) is 9.71. The molecule has 5 nitrogen and oxygen atoms in total. The second-order valence-corrected chi connectivity index (χ2v) is 9.23. The molecule has 1 heterocycles. The van der Waals surface area contributed by atoms with Crippen LogP contribution in [0, 0.1) is 5.92 Å². The van der Waals surface area contributed by atoms with E-state index in [4.69, 9.17) is 10.5 Å². The molecule has 0 radical (unpaired) electrons. The number of rotatable bonds is 5. The Kier molecular flexibility index (Phi) is 5.52. The highest BCUT2D eigenvalue weighted by Gasteiger charge is 2.44. The van der Waals surface area contributed by atoms with Crippen LogP contribution in [0.1, 0.15) is 13.3 Å². The van der Waals surface area contributed by atoms with Gasteiger partial charge in [-0.15, -0.1) is 0 Å². The summed E-state index contributed by atoms with van der Waals surface area (Å²) in [6.07, 6.45) is 0.639. The first kappa shape index (κ1) is 19.8. The molecule has 4 rings (SSSR count). The Morgan fingerprint density at radius 3 is 2.28 bits per heavy atom. The van der Waals surface area contributed by atoms with E-state index in [1.165, 1.54) is 0 Å². The lowest BCUT2D eigenvalue weighted by Gasteiger charge is -2.53. The van der Waals surface area contributed by atoms with E-state index in [0.29, 0.717) is 30.1 Å². The number of para-hydroxylation sites is 1. The predicted octanol–water partition coefficient (Wildman–Crippen LogP) is 5.86. The van der Waals surface area contributed by atoms with Gasteiger partial charge >= 0.3 is 0 Å². The van der Waals surface area contributed by atoms with Crippen molar-refractivity contribution >= 4 is 22.2 Å². The van der Waals surface area contributed by atoms with Crippen molar-refractivity contribution < 1.29 is 13.8 Å². The van der Waals surface area contributed by atoms with E-state index in [0.717, 1.165) is 11.1 Å². The molecule has 4 N–H and O–H groups in total. The highest BCUT2D eigenvalue weighted by Crippen LogP contribution is 2.62. The summed E-state index contributed by atoms with van der Waals surface area (Å²) >= 11 is 0. The molecule has 6 heteroatoms. The van der Waals surface area contributed by atoms with Gasteiger partial charge in [0.2, 0.25) is 5.44 Å². The summed E-state index contributed by atoms with van der Waals surface area (Å²) in [7, 11) is -3.30. The molecule has 3 aromatic carbocycles. The maximum absolute atomic E-state index is 11.4. The Hall–Kier alpha value is -2.51. The smallest absolute Gasteiger partial charge is 0.209 e. The number of nitrogens with two attached hydrogens (primary N) is 1. The molecule has 0 spiro atoms. The third kappa shape index (κ3) is 3.72. The Balaban J connectivity index is 1.86. The molecule has 0 bridgehead atoms. The number of hydrogen-bond acceptors (Lipinski definition) is 5. The van der Waals surface area contributed by atoms with E-state index in [1.54, 1.807) is 4.31 Å². The lowest BCUT2D eigenvalue weighted by Crippen LogP contribution is -2.43. The molecule has 0 saturated heterocycles. The van der Waals surface area contributed by atoms with Gasteiger partial charge in [-0.1, -0.05) is 72.3 Å². The SMILES string of the molecule is CC(CCN)C1Oc2ccc(-c3ccccc3)cc2N(c2ccccc2)S1(O)O. The van der Waals surface area contributed by atoms with E-state index in [1.807, 2.05) is 85.8 Å². The van der Waals surface area contributed by atoms with Gasteiger partial charge in [-0.05, 0) is 48.4 Å². The van der Waals surface area contributed by atoms with Crippen molar-refractivity contribution in [2.75, 3.05) is 10.8 Å². The summed E-state index contributed by atoms with van der Waals surface area (Å²) in [6.45, 7) is 2.40. The minimum Gasteiger partial charge on any atom is -0.466 e. The highest BCUT2D eigenvalue weighted by atomic mass is 32.3. The van der Waals surface area contributed by atoms with Crippen molar-refractivity contribution in [3.05, 3.63) is 78.9 Å². The molecule has 2 atom stereocenters. The average molecular weight is 411 g/mol. The van der Waals surface area contributed by atoms with Crippen LogP contribution in [-0.2, 0) is 0 Å². The Labute approximate surface area is 173 Å². The first-order valence-corrected chi connectivity index (χ1v) is 11.3. The third-order valence-electron chi connectivity index (χ3n) is 5.19. The van der Waals surface area contributed by atoms with Crippen LogP contribution in [0.15, 0.2) is 78.9 Å². The summed E-state index contributed by atoms with van der Waals surface area (Å²) < 4.78 is 30.5. The van der Waals surface area contributed by atoms with Gasteiger partial charge in [0.25, 0.3) is 0 Å². The number of hydrogen-bond donors (Lipinski definition) is 3. The van der Waals surface area contributed by atoms with Crippen molar-refractivity contribution in [1.29, 1.82) is 0 Å². The van der Waals surface area contributed by atoms with Crippen molar-refractivity contribution in [1.82, 2.24) is 0 Å². The summed E-state index contributed by atoms with van der Waals surface area (Å²) in [4.78, 5) is 0. The minimum atomic E-state index is -3.30. The fraction of sp³-hybridized carbons (Fsp3) is 0.217. The number of ether oxygens (including phenoxy) is 1. The molecular weight excluding hydrogens is 384 g/mol. The molecule has 0 aromatic heterocycles. The van der Waals surface area contributed by atoms with Crippen molar-refractivity contribution in [3.63, 3.8) is 0 Å². The van der Waals surface area contributed by atoms with Crippen molar-refractivity contribution in [3.8, 4) is 16.9 Å². The topological polar surface area (TPSA) is 79.0 Å². The molecule has 1 aliphatic rings. The molecule has 0 saturated carbocycles. The molecule has 0 aliphatic carbocycles. The quantitative estimate of drug-likeness (QED) is 0.491. The van der Waals surface area contributed by atoms with E-state index < -0.39 is 16.2 Å². The van der Waals surface area contributed by atoms with Crippen LogP contribution in [0.5, 0.6) is 5.75 Å². The normalized spacial score (nSPS) is 19.7. The van der Waals surface area contributed by atoms with E-state index in [2.05, 4.69) is 0 Å². The van der Waals surface area contributed by atoms with Gasteiger partial charge in [-0.3, -0.25) is 9.11 Å². The maximum Gasteiger partial charge on any atom is 0.209 e. The zero-order valence-electron chi connectivity index (χ0n) is 16.3. The van der Waals surface area contributed by atoms with Crippen LogP contribution in [0.25, 0.3) is 11.1 Å². The van der Waals surface area contributed by atoms with Crippen LogP contribution in [0.3, 0.4) is 0 Å².